The first-order valence-electron chi connectivity index (χ1n) is 9.02. The lowest BCUT2D eigenvalue weighted by molar-refractivity contribution is 0.0779. The van der Waals surface area contributed by atoms with Crippen LogP contribution in [0.5, 0.6) is 0 Å². The van der Waals surface area contributed by atoms with Crippen LogP contribution in [-0.2, 0) is 10.8 Å². The number of carbonyl (C=O) groups is 1. The maximum absolute atomic E-state index is 13.0. The fourth-order valence-corrected chi connectivity index (χ4v) is 7.15. The van der Waals surface area contributed by atoms with E-state index < -0.39 is 10.8 Å². The van der Waals surface area contributed by atoms with Gasteiger partial charge < -0.3 is 10.6 Å². The van der Waals surface area contributed by atoms with Gasteiger partial charge in [0.15, 0.2) is 5.69 Å². The van der Waals surface area contributed by atoms with Crippen LogP contribution in [0.1, 0.15) is 22.5 Å². The summed E-state index contributed by atoms with van der Waals surface area (Å²) in [4.78, 5) is 15.2. The zero-order valence-corrected chi connectivity index (χ0v) is 16.7. The number of hydrogen-bond donors (Lipinski definition) is 2. The lowest BCUT2D eigenvalue weighted by Gasteiger charge is -2.22. The molecule has 1 amide bonds. The number of amides is 1. The standard InChI is InChI=1S/C18H23N5O2S2/c1-11-2-4-12(5-3-11)27(25)13-6-15(19)14-8-23(9-17(14)26-10-13)18(24)16-7-20-22-21-16/h2-5,7,13-15,17H,6,8-10,19H2,1H3,(H,20,21,22)/t13?,14-,15?,17-,27?/m0/s1. The molecule has 7 nitrogen and oxygen atoms in total. The van der Waals surface area contributed by atoms with Crippen molar-refractivity contribution in [3.63, 3.8) is 0 Å². The van der Waals surface area contributed by atoms with Crippen LogP contribution >= 0.6 is 11.8 Å². The van der Waals surface area contributed by atoms with E-state index in [1.807, 2.05) is 36.1 Å². The maximum Gasteiger partial charge on any atom is 0.276 e. The zero-order valence-electron chi connectivity index (χ0n) is 15.1. The number of aryl methyl sites for hydroxylation is 1. The fraction of sp³-hybridized carbons (Fsp3) is 0.500. The van der Waals surface area contributed by atoms with E-state index in [1.54, 1.807) is 11.8 Å². The van der Waals surface area contributed by atoms with Crippen molar-refractivity contribution in [3.05, 3.63) is 41.7 Å². The summed E-state index contributed by atoms with van der Waals surface area (Å²) in [6.45, 7) is 3.30. The average molecular weight is 406 g/mol. The number of fused-ring (bicyclic) bond motifs is 1. The number of carbonyl (C=O) groups excluding carboxylic acids is 1. The normalized spacial score (nSPS) is 29.2. The van der Waals surface area contributed by atoms with Gasteiger partial charge in [-0.1, -0.05) is 17.7 Å². The van der Waals surface area contributed by atoms with Gasteiger partial charge >= 0.3 is 0 Å². The first kappa shape index (κ1) is 18.6. The summed E-state index contributed by atoms with van der Waals surface area (Å²) < 4.78 is 13.0. The number of rotatable bonds is 3. The molecular weight excluding hydrogens is 382 g/mol. The summed E-state index contributed by atoms with van der Waals surface area (Å²) in [5.41, 5.74) is 8.01. The zero-order chi connectivity index (χ0) is 19.0. The summed E-state index contributed by atoms with van der Waals surface area (Å²) >= 11 is 1.80. The molecule has 0 aliphatic carbocycles. The van der Waals surface area contributed by atoms with E-state index in [1.165, 1.54) is 6.20 Å². The number of nitrogens with zero attached hydrogens (tertiary/aromatic N) is 3. The molecule has 2 saturated heterocycles. The molecular formula is C18H23N5O2S2. The number of nitrogens with one attached hydrogen (secondary N) is 1. The Morgan fingerprint density at radius 1 is 1.33 bits per heavy atom. The van der Waals surface area contributed by atoms with Gasteiger partial charge in [0.2, 0.25) is 0 Å². The Labute approximate surface area is 164 Å². The highest BCUT2D eigenvalue weighted by Crippen LogP contribution is 2.37. The highest BCUT2D eigenvalue weighted by atomic mass is 32.2. The molecule has 5 atom stereocenters. The van der Waals surface area contributed by atoms with Crippen LogP contribution in [0.15, 0.2) is 35.4 Å². The topological polar surface area (TPSA) is 105 Å². The van der Waals surface area contributed by atoms with E-state index in [9.17, 15) is 9.00 Å². The number of likely N-dealkylation sites (tertiary alicyclic amines) is 1. The second-order valence-electron chi connectivity index (χ2n) is 7.23. The molecule has 27 heavy (non-hydrogen) atoms. The van der Waals surface area contributed by atoms with Crippen molar-refractivity contribution in [1.29, 1.82) is 0 Å². The van der Waals surface area contributed by atoms with E-state index in [0.29, 0.717) is 25.2 Å². The third-order valence-corrected chi connectivity index (χ3v) is 8.80. The lowest BCUT2D eigenvalue weighted by Crippen LogP contribution is -2.38. The summed E-state index contributed by atoms with van der Waals surface area (Å²) in [5, 5.41) is 10.4. The van der Waals surface area contributed by atoms with Crippen LogP contribution in [0.25, 0.3) is 0 Å². The van der Waals surface area contributed by atoms with Crippen molar-refractivity contribution in [2.75, 3.05) is 18.8 Å². The molecule has 3 heterocycles. The molecule has 3 N–H and O–H groups in total. The van der Waals surface area contributed by atoms with Crippen LogP contribution in [0.2, 0.25) is 0 Å². The monoisotopic (exact) mass is 405 g/mol. The molecule has 2 fully saturated rings. The van der Waals surface area contributed by atoms with E-state index in [2.05, 4.69) is 15.4 Å². The van der Waals surface area contributed by atoms with Crippen molar-refractivity contribution >= 4 is 28.5 Å². The molecule has 4 rings (SSSR count). The van der Waals surface area contributed by atoms with Gasteiger partial charge in [-0.05, 0) is 25.5 Å². The van der Waals surface area contributed by atoms with Gasteiger partial charge in [-0.15, -0.1) is 0 Å². The summed E-state index contributed by atoms with van der Waals surface area (Å²) in [5.74, 6) is 0.900. The Hall–Kier alpha value is -1.71. The third-order valence-electron chi connectivity index (χ3n) is 5.37. The van der Waals surface area contributed by atoms with Gasteiger partial charge in [0.05, 0.1) is 17.0 Å². The Morgan fingerprint density at radius 3 is 2.81 bits per heavy atom. The molecule has 1 aromatic heterocycles. The largest absolute Gasteiger partial charge is 0.336 e. The SMILES string of the molecule is Cc1ccc(S(=O)C2CS[C@H]3CN(C(=O)c4cn[nH]n4)C[C@H]3C(N)C2)cc1. The van der Waals surface area contributed by atoms with Crippen molar-refractivity contribution in [3.8, 4) is 0 Å². The van der Waals surface area contributed by atoms with Crippen LogP contribution in [0.3, 0.4) is 0 Å². The molecule has 0 bridgehead atoms. The molecule has 0 saturated carbocycles. The van der Waals surface area contributed by atoms with Crippen LogP contribution in [-0.4, -0.2) is 65.8 Å². The Morgan fingerprint density at radius 2 is 2.11 bits per heavy atom. The number of hydrogen-bond acceptors (Lipinski definition) is 6. The lowest BCUT2D eigenvalue weighted by atomic mass is 9.96. The predicted molar refractivity (Wildman–Crippen MR) is 106 cm³/mol. The van der Waals surface area contributed by atoms with Gasteiger partial charge in [-0.2, -0.15) is 27.2 Å². The predicted octanol–water partition coefficient (Wildman–Crippen LogP) is 1.19. The summed E-state index contributed by atoms with van der Waals surface area (Å²) in [6, 6.07) is 7.83. The van der Waals surface area contributed by atoms with Gasteiger partial charge in [0.25, 0.3) is 5.91 Å². The van der Waals surface area contributed by atoms with E-state index in [4.69, 9.17) is 5.73 Å². The first-order chi connectivity index (χ1) is 13.0. The van der Waals surface area contributed by atoms with Crippen molar-refractivity contribution in [1.82, 2.24) is 20.3 Å². The minimum atomic E-state index is -1.06. The van der Waals surface area contributed by atoms with E-state index in [0.717, 1.165) is 16.2 Å². The van der Waals surface area contributed by atoms with E-state index >= 15 is 0 Å². The Balaban J connectivity index is 1.43. The van der Waals surface area contributed by atoms with E-state index in [-0.39, 0.29) is 28.4 Å². The van der Waals surface area contributed by atoms with Gasteiger partial charge in [-0.25, -0.2) is 0 Å². The molecule has 144 valence electrons. The number of nitrogens with two attached hydrogens (primary N) is 1. The number of thioether (sulfide) groups is 1. The molecule has 2 aromatic rings. The van der Waals surface area contributed by atoms with Crippen LogP contribution in [0, 0.1) is 12.8 Å². The smallest absolute Gasteiger partial charge is 0.276 e. The average Bonchev–Trinajstić information content (AvgIpc) is 3.32. The highest BCUT2D eigenvalue weighted by Gasteiger charge is 2.43. The number of aromatic nitrogens is 3. The second-order valence-corrected chi connectivity index (χ2v) is 10.2. The molecule has 9 heteroatoms. The second kappa shape index (κ2) is 7.73. The molecule has 1 aromatic carbocycles. The van der Waals surface area contributed by atoms with Gasteiger partial charge in [0.1, 0.15) is 0 Å². The first-order valence-corrected chi connectivity index (χ1v) is 11.3. The summed E-state index contributed by atoms with van der Waals surface area (Å²) in [6.07, 6.45) is 2.16. The van der Waals surface area contributed by atoms with Crippen molar-refractivity contribution in [2.45, 2.75) is 34.8 Å². The molecule has 0 radical (unpaired) electrons. The highest BCUT2D eigenvalue weighted by molar-refractivity contribution is 8.00. The van der Waals surface area contributed by atoms with Crippen LogP contribution < -0.4 is 5.73 Å². The minimum absolute atomic E-state index is 0.0398. The number of benzene rings is 1. The minimum Gasteiger partial charge on any atom is -0.336 e. The van der Waals surface area contributed by atoms with Gasteiger partial charge in [0, 0.05) is 46.2 Å². The molecule has 2 aliphatic rings. The maximum atomic E-state index is 13.0. The Kier molecular flexibility index (Phi) is 5.34. The third kappa shape index (κ3) is 3.81. The Bertz CT molecular complexity index is 827. The molecule has 2 aliphatic heterocycles. The van der Waals surface area contributed by atoms with Crippen LogP contribution in [0.4, 0.5) is 0 Å². The number of H-pyrrole nitrogens is 1. The fourth-order valence-electron chi connectivity index (χ4n) is 3.81. The van der Waals surface area contributed by atoms with Crippen molar-refractivity contribution < 1.29 is 9.00 Å². The quantitative estimate of drug-likeness (QED) is 0.795. The molecule has 3 unspecified atom stereocenters. The number of aromatic amines is 1. The summed E-state index contributed by atoms with van der Waals surface area (Å²) in [7, 11) is -1.06. The molecule has 0 spiro atoms. The van der Waals surface area contributed by atoms with Crippen molar-refractivity contribution in [2.24, 2.45) is 11.7 Å². The van der Waals surface area contributed by atoms with Gasteiger partial charge in [-0.3, -0.25) is 9.00 Å².